The molecule has 4 nitrogen and oxygen atoms in total. The van der Waals surface area contributed by atoms with Gasteiger partial charge in [-0.15, -0.1) is 0 Å². The number of carbonyl (C=O) groups excluding carboxylic acids is 1. The first kappa shape index (κ1) is 16.7. The summed E-state index contributed by atoms with van der Waals surface area (Å²) in [6.45, 7) is 1.91. The zero-order chi connectivity index (χ0) is 16.3. The number of likely N-dealkylation sites (tertiary alicyclic amines) is 1. The molecule has 0 spiro atoms. The van der Waals surface area contributed by atoms with E-state index in [1.807, 2.05) is 0 Å². The number of rotatable bonds is 5. The summed E-state index contributed by atoms with van der Waals surface area (Å²) in [6, 6.07) is 4.91. The number of hydrogen-bond donors (Lipinski definition) is 1. The van der Waals surface area contributed by atoms with Crippen LogP contribution in [0.2, 0.25) is 0 Å². The van der Waals surface area contributed by atoms with Crippen LogP contribution in [0.1, 0.15) is 31.7 Å². The second kappa shape index (κ2) is 6.60. The molecule has 22 heavy (non-hydrogen) atoms. The Morgan fingerprint density at radius 2 is 2.09 bits per heavy atom. The van der Waals surface area contributed by atoms with Crippen molar-refractivity contribution in [2.45, 2.75) is 44.3 Å². The van der Waals surface area contributed by atoms with Gasteiger partial charge >= 0.3 is 5.92 Å². The fourth-order valence-corrected chi connectivity index (χ4v) is 2.85. The first-order valence-corrected chi connectivity index (χ1v) is 7.37. The number of hydrogen-bond acceptors (Lipinski definition) is 3. The number of carbonyl (C=O) groups is 1. The van der Waals surface area contributed by atoms with Gasteiger partial charge in [0.05, 0.1) is 13.2 Å². The lowest BCUT2D eigenvalue weighted by atomic mass is 10.0. The van der Waals surface area contributed by atoms with Crippen molar-refractivity contribution in [3.8, 4) is 5.75 Å². The van der Waals surface area contributed by atoms with E-state index in [4.69, 9.17) is 4.74 Å². The quantitative estimate of drug-likeness (QED) is 0.909. The fraction of sp³-hybridized carbons (Fsp3) is 0.562. The summed E-state index contributed by atoms with van der Waals surface area (Å²) in [4.78, 5) is 13.5. The van der Waals surface area contributed by atoms with Gasteiger partial charge in [0.15, 0.2) is 0 Å². The second-order valence-electron chi connectivity index (χ2n) is 5.68. The van der Waals surface area contributed by atoms with Crippen LogP contribution in [0.5, 0.6) is 5.75 Å². The maximum atomic E-state index is 14.5. The molecule has 1 aromatic carbocycles. The number of nitrogens with zero attached hydrogens (tertiary/aromatic N) is 1. The van der Waals surface area contributed by atoms with Crippen LogP contribution in [0.3, 0.4) is 0 Å². The topological polar surface area (TPSA) is 49.8 Å². The van der Waals surface area contributed by atoms with Gasteiger partial charge in [0.2, 0.25) is 0 Å². The third-order valence-corrected chi connectivity index (χ3v) is 3.97. The highest BCUT2D eigenvalue weighted by molar-refractivity contribution is 5.85. The van der Waals surface area contributed by atoms with Crippen LogP contribution >= 0.6 is 0 Å². The number of halogens is 2. The number of ether oxygens (including phenoxy) is 1. The smallest absolute Gasteiger partial charge is 0.349 e. The predicted molar refractivity (Wildman–Crippen MR) is 77.9 cm³/mol. The molecule has 2 atom stereocenters. The monoisotopic (exact) mass is 313 g/mol. The molecule has 1 N–H and O–H groups in total. The average Bonchev–Trinajstić information content (AvgIpc) is 2.93. The third kappa shape index (κ3) is 3.38. The van der Waals surface area contributed by atoms with Crippen LogP contribution in [0.25, 0.3) is 0 Å². The molecular formula is C16H21F2NO3. The summed E-state index contributed by atoms with van der Waals surface area (Å²) in [5.74, 6) is -4.31. The van der Waals surface area contributed by atoms with E-state index in [-0.39, 0.29) is 11.6 Å². The van der Waals surface area contributed by atoms with Crippen LogP contribution in [0.15, 0.2) is 24.3 Å². The first-order valence-electron chi connectivity index (χ1n) is 7.37. The van der Waals surface area contributed by atoms with E-state index in [1.165, 1.54) is 36.3 Å². The Labute approximate surface area is 128 Å². The second-order valence-corrected chi connectivity index (χ2v) is 5.68. The molecule has 0 bridgehead atoms. The molecule has 1 aliphatic rings. The molecule has 0 aromatic heterocycles. The van der Waals surface area contributed by atoms with Crippen molar-refractivity contribution in [2.24, 2.45) is 0 Å². The van der Waals surface area contributed by atoms with Crippen molar-refractivity contribution in [3.05, 3.63) is 29.8 Å². The number of alkyl halides is 2. The Hall–Kier alpha value is -1.69. The highest BCUT2D eigenvalue weighted by atomic mass is 19.3. The largest absolute Gasteiger partial charge is 0.497 e. The lowest BCUT2D eigenvalue weighted by molar-refractivity contribution is -0.160. The van der Waals surface area contributed by atoms with Crippen molar-refractivity contribution in [2.75, 3.05) is 13.7 Å². The molecule has 122 valence electrons. The minimum atomic E-state index is -3.58. The number of aliphatic hydroxyl groups is 1. The molecule has 1 aliphatic heterocycles. The van der Waals surface area contributed by atoms with Crippen molar-refractivity contribution in [1.29, 1.82) is 0 Å². The third-order valence-electron chi connectivity index (χ3n) is 3.97. The molecule has 1 heterocycles. The van der Waals surface area contributed by atoms with Crippen LogP contribution in [0, 0.1) is 0 Å². The van der Waals surface area contributed by atoms with E-state index in [0.29, 0.717) is 31.6 Å². The van der Waals surface area contributed by atoms with Gasteiger partial charge < -0.3 is 14.7 Å². The summed E-state index contributed by atoms with van der Waals surface area (Å²) in [7, 11) is 1.45. The van der Waals surface area contributed by atoms with Gasteiger partial charge in [-0.2, -0.15) is 8.78 Å². The highest BCUT2D eigenvalue weighted by Gasteiger charge is 2.46. The van der Waals surface area contributed by atoms with Crippen molar-refractivity contribution >= 4 is 5.91 Å². The molecule has 1 amide bonds. The van der Waals surface area contributed by atoms with Gasteiger partial charge in [-0.25, -0.2) is 0 Å². The van der Waals surface area contributed by atoms with Crippen LogP contribution in [0.4, 0.5) is 8.78 Å². The summed E-state index contributed by atoms with van der Waals surface area (Å²) >= 11 is 0. The standard InChI is InChI=1S/C16H21F2NO3/c1-11(20)10-13-4-3-9-19(13)15(21)16(17,18)12-5-7-14(22-2)8-6-12/h5-8,11,13,20H,3-4,9-10H2,1-2H3. The van der Waals surface area contributed by atoms with Gasteiger partial charge in [0.1, 0.15) is 5.75 Å². The Kier molecular flexibility index (Phi) is 5.01. The number of benzene rings is 1. The number of methoxy groups -OCH3 is 1. The van der Waals surface area contributed by atoms with Crippen molar-refractivity contribution in [3.63, 3.8) is 0 Å². The van der Waals surface area contributed by atoms with Crippen LogP contribution < -0.4 is 4.74 Å². The maximum Gasteiger partial charge on any atom is 0.349 e. The van der Waals surface area contributed by atoms with E-state index in [2.05, 4.69) is 0 Å². The molecule has 1 fully saturated rings. The van der Waals surface area contributed by atoms with Gasteiger partial charge in [0.25, 0.3) is 5.91 Å². The van der Waals surface area contributed by atoms with Crippen LogP contribution in [-0.4, -0.2) is 41.7 Å². The van der Waals surface area contributed by atoms with Crippen LogP contribution in [-0.2, 0) is 10.7 Å². The Bertz CT molecular complexity index is 517. The Morgan fingerprint density at radius 1 is 1.45 bits per heavy atom. The normalized spacial score (nSPS) is 20.0. The zero-order valence-corrected chi connectivity index (χ0v) is 12.8. The van der Waals surface area contributed by atoms with E-state index in [9.17, 15) is 18.7 Å². The molecule has 2 rings (SSSR count). The van der Waals surface area contributed by atoms with E-state index in [1.54, 1.807) is 6.92 Å². The van der Waals surface area contributed by atoms with Gasteiger partial charge in [0, 0.05) is 18.2 Å². The summed E-state index contributed by atoms with van der Waals surface area (Å²) in [6.07, 6.45) is 1.04. The molecule has 2 unspecified atom stereocenters. The van der Waals surface area contributed by atoms with Crippen molar-refractivity contribution in [1.82, 2.24) is 4.90 Å². The molecule has 0 radical (unpaired) electrons. The summed E-state index contributed by atoms with van der Waals surface area (Å²) in [5.41, 5.74) is -0.346. The first-order chi connectivity index (χ1) is 10.4. The number of aliphatic hydroxyl groups excluding tert-OH is 1. The van der Waals surface area contributed by atoms with E-state index >= 15 is 0 Å². The fourth-order valence-electron chi connectivity index (χ4n) is 2.85. The van der Waals surface area contributed by atoms with Gasteiger partial charge in [-0.05, 0) is 50.5 Å². The van der Waals surface area contributed by atoms with Crippen molar-refractivity contribution < 1.29 is 23.4 Å². The Morgan fingerprint density at radius 3 is 2.64 bits per heavy atom. The summed E-state index contributed by atoms with van der Waals surface area (Å²) in [5, 5.41) is 9.45. The predicted octanol–water partition coefficient (Wildman–Crippen LogP) is 2.55. The number of amides is 1. The molecule has 1 saturated heterocycles. The van der Waals surface area contributed by atoms with E-state index < -0.39 is 17.9 Å². The molecule has 6 heteroatoms. The molecular weight excluding hydrogens is 292 g/mol. The SMILES string of the molecule is COc1ccc(C(F)(F)C(=O)N2CCCC2CC(C)O)cc1. The average molecular weight is 313 g/mol. The minimum Gasteiger partial charge on any atom is -0.497 e. The Balaban J connectivity index is 2.18. The molecule has 1 aromatic rings. The van der Waals surface area contributed by atoms with Gasteiger partial charge in [-0.3, -0.25) is 4.79 Å². The summed E-state index contributed by atoms with van der Waals surface area (Å²) < 4.78 is 33.8. The molecule has 0 saturated carbocycles. The van der Waals surface area contributed by atoms with E-state index in [0.717, 1.165) is 0 Å². The zero-order valence-electron chi connectivity index (χ0n) is 12.8. The lowest BCUT2D eigenvalue weighted by Crippen LogP contribution is -2.45. The molecule has 0 aliphatic carbocycles. The highest BCUT2D eigenvalue weighted by Crippen LogP contribution is 2.34. The minimum absolute atomic E-state index is 0.308. The van der Waals surface area contributed by atoms with Gasteiger partial charge in [-0.1, -0.05) is 0 Å². The maximum absolute atomic E-state index is 14.5. The lowest BCUT2D eigenvalue weighted by Gasteiger charge is -2.29.